The van der Waals surface area contributed by atoms with Crippen molar-refractivity contribution in [2.75, 3.05) is 7.11 Å². The first-order chi connectivity index (χ1) is 12.1. The van der Waals surface area contributed by atoms with Crippen LogP contribution in [0, 0.1) is 0 Å². The molecule has 0 bridgehead atoms. The largest absolute Gasteiger partial charge is 0.508 e. The molecule has 0 atom stereocenters. The topological polar surface area (TPSA) is 66.8 Å². The van der Waals surface area contributed by atoms with Gasteiger partial charge in [-0.15, -0.1) is 0 Å². The third-order valence-corrected chi connectivity index (χ3v) is 3.99. The minimum atomic E-state index is -0.0695. The van der Waals surface area contributed by atoms with Crippen molar-refractivity contribution >= 4 is 11.9 Å². The minimum absolute atomic E-state index is 0.0565. The Labute approximate surface area is 150 Å². The van der Waals surface area contributed by atoms with Gasteiger partial charge in [-0.1, -0.05) is 57.6 Å². The zero-order valence-corrected chi connectivity index (χ0v) is 15.3. The molecule has 0 unspecified atom stereocenters. The predicted octanol–water partition coefficient (Wildman–Crippen LogP) is 5.57. The van der Waals surface area contributed by atoms with Gasteiger partial charge < -0.3 is 14.9 Å². The van der Waals surface area contributed by atoms with Gasteiger partial charge in [-0.3, -0.25) is 4.79 Å². The normalized spacial score (nSPS) is 11.8. The van der Waals surface area contributed by atoms with Gasteiger partial charge >= 0.3 is 0 Å². The lowest BCUT2D eigenvalue weighted by molar-refractivity contribution is -0.114. The molecular formula is C21H30O4. The Morgan fingerprint density at radius 2 is 1.80 bits per heavy atom. The lowest BCUT2D eigenvalue weighted by Crippen LogP contribution is -1.94. The first-order valence-electron chi connectivity index (χ1n) is 9.05. The van der Waals surface area contributed by atoms with E-state index in [-0.39, 0.29) is 17.3 Å². The number of aromatic hydroxyl groups is 1. The van der Waals surface area contributed by atoms with Crippen molar-refractivity contribution < 1.29 is 19.7 Å². The number of ether oxygens (including phenoxy) is 1. The molecule has 0 radical (unpaired) electrons. The van der Waals surface area contributed by atoms with Gasteiger partial charge in [0, 0.05) is 12.5 Å². The van der Waals surface area contributed by atoms with E-state index in [9.17, 15) is 15.0 Å². The molecule has 0 aliphatic heterocycles. The lowest BCUT2D eigenvalue weighted by atomic mass is 10.1. The van der Waals surface area contributed by atoms with Crippen molar-refractivity contribution in [3.05, 3.63) is 41.7 Å². The number of hydrogen-bond acceptors (Lipinski definition) is 4. The highest BCUT2D eigenvalue weighted by Crippen LogP contribution is 2.26. The van der Waals surface area contributed by atoms with Crippen molar-refractivity contribution in [3.63, 3.8) is 0 Å². The Kier molecular flexibility index (Phi) is 10.1. The van der Waals surface area contributed by atoms with Crippen molar-refractivity contribution in [1.29, 1.82) is 0 Å². The van der Waals surface area contributed by atoms with Crippen molar-refractivity contribution in [2.24, 2.45) is 0 Å². The van der Waals surface area contributed by atoms with E-state index >= 15 is 0 Å². The van der Waals surface area contributed by atoms with E-state index in [4.69, 9.17) is 4.74 Å². The summed E-state index contributed by atoms with van der Waals surface area (Å²) in [5.41, 5.74) is 0.758. The fourth-order valence-electron chi connectivity index (χ4n) is 2.52. The molecule has 0 heterocycles. The van der Waals surface area contributed by atoms with Gasteiger partial charge in [0.15, 0.2) is 17.3 Å². The Morgan fingerprint density at radius 1 is 1.12 bits per heavy atom. The highest BCUT2D eigenvalue weighted by molar-refractivity contribution is 5.90. The van der Waals surface area contributed by atoms with Crippen LogP contribution in [0.15, 0.2) is 36.1 Å². The molecule has 0 aliphatic carbocycles. The summed E-state index contributed by atoms with van der Waals surface area (Å²) in [4.78, 5) is 11.8. The number of hydrogen-bond donors (Lipinski definition) is 2. The molecule has 1 aromatic rings. The fraction of sp³-hybridized carbons (Fsp3) is 0.476. The van der Waals surface area contributed by atoms with Crippen LogP contribution in [0.2, 0.25) is 0 Å². The Bertz CT molecular complexity index is 588. The quantitative estimate of drug-likeness (QED) is 0.225. The van der Waals surface area contributed by atoms with Gasteiger partial charge in [0.05, 0.1) is 7.11 Å². The number of unbranched alkanes of at least 4 members (excludes halogenated alkanes) is 6. The Morgan fingerprint density at radius 3 is 2.48 bits per heavy atom. The van der Waals surface area contributed by atoms with E-state index < -0.39 is 0 Å². The van der Waals surface area contributed by atoms with Gasteiger partial charge in [-0.25, -0.2) is 0 Å². The maximum absolute atomic E-state index is 11.8. The number of aliphatic hydroxyl groups is 1. The summed E-state index contributed by atoms with van der Waals surface area (Å²) in [6, 6.07) is 4.87. The minimum Gasteiger partial charge on any atom is -0.508 e. The van der Waals surface area contributed by atoms with Crippen LogP contribution < -0.4 is 4.74 Å². The van der Waals surface area contributed by atoms with E-state index in [1.807, 2.05) is 0 Å². The van der Waals surface area contributed by atoms with E-state index in [2.05, 4.69) is 6.92 Å². The molecule has 4 nitrogen and oxygen atoms in total. The summed E-state index contributed by atoms with van der Waals surface area (Å²) in [6.45, 7) is 2.20. The van der Waals surface area contributed by atoms with Crippen molar-refractivity contribution in [2.45, 2.75) is 58.3 Å². The summed E-state index contributed by atoms with van der Waals surface area (Å²) in [6.07, 6.45) is 13.0. The number of rotatable bonds is 12. The van der Waals surface area contributed by atoms with Crippen LogP contribution >= 0.6 is 0 Å². The third kappa shape index (κ3) is 8.99. The predicted molar refractivity (Wildman–Crippen MR) is 102 cm³/mol. The summed E-state index contributed by atoms with van der Waals surface area (Å²) >= 11 is 0. The maximum Gasteiger partial charge on any atom is 0.161 e. The van der Waals surface area contributed by atoms with Crippen molar-refractivity contribution in [3.8, 4) is 11.5 Å². The number of phenols is 1. The standard InChI is InChI=1S/C21H30O4/c1-3-4-5-6-7-8-9-10-18(22)16-19(23)13-11-17-12-14-20(24)21(15-17)25-2/h11-16,23-24H,3-10H2,1-2H3/b13-11-,19-16-. The van der Waals surface area contributed by atoms with Crippen LogP contribution in [-0.4, -0.2) is 23.1 Å². The second kappa shape index (κ2) is 12.2. The van der Waals surface area contributed by atoms with E-state index in [0.717, 1.165) is 18.4 Å². The van der Waals surface area contributed by atoms with Crippen LogP contribution in [0.4, 0.5) is 0 Å². The fourth-order valence-corrected chi connectivity index (χ4v) is 2.52. The second-order valence-electron chi connectivity index (χ2n) is 6.17. The van der Waals surface area contributed by atoms with Gasteiger partial charge in [0.2, 0.25) is 0 Å². The Hall–Kier alpha value is -2.23. The average Bonchev–Trinajstić information content (AvgIpc) is 2.60. The Balaban J connectivity index is 2.37. The number of allylic oxidation sites excluding steroid dienone is 2. The molecule has 2 N–H and O–H groups in total. The molecule has 25 heavy (non-hydrogen) atoms. The van der Waals surface area contributed by atoms with E-state index in [1.165, 1.54) is 57.4 Å². The molecular weight excluding hydrogens is 316 g/mol. The molecule has 1 rings (SSSR count). The van der Waals surface area contributed by atoms with Gasteiger partial charge in [0.1, 0.15) is 5.76 Å². The molecule has 0 fully saturated rings. The molecule has 0 saturated heterocycles. The molecule has 138 valence electrons. The number of carbonyl (C=O) groups excluding carboxylic acids is 1. The number of benzene rings is 1. The zero-order valence-electron chi connectivity index (χ0n) is 15.3. The first-order valence-corrected chi connectivity index (χ1v) is 9.05. The zero-order chi connectivity index (χ0) is 18.5. The number of ketones is 1. The van der Waals surface area contributed by atoms with Gasteiger partial charge in [-0.2, -0.15) is 0 Å². The van der Waals surface area contributed by atoms with Gasteiger partial charge in [-0.05, 0) is 30.2 Å². The lowest BCUT2D eigenvalue weighted by Gasteiger charge is -2.03. The summed E-state index contributed by atoms with van der Waals surface area (Å²) in [7, 11) is 1.47. The van der Waals surface area contributed by atoms with Crippen LogP contribution in [0.1, 0.15) is 63.9 Å². The number of phenolic OH excluding ortho intramolecular Hbond substituents is 1. The maximum atomic E-state index is 11.8. The van der Waals surface area contributed by atoms with Crippen LogP contribution in [-0.2, 0) is 4.79 Å². The molecule has 0 aromatic heterocycles. The average molecular weight is 346 g/mol. The first kappa shape index (κ1) is 20.8. The van der Waals surface area contributed by atoms with Crippen LogP contribution in [0.25, 0.3) is 6.08 Å². The molecule has 0 aliphatic rings. The van der Waals surface area contributed by atoms with Gasteiger partial charge in [0.25, 0.3) is 0 Å². The number of carbonyl (C=O) groups is 1. The molecule has 0 saturated carbocycles. The van der Waals surface area contributed by atoms with E-state index in [1.54, 1.807) is 18.2 Å². The smallest absolute Gasteiger partial charge is 0.161 e. The highest BCUT2D eigenvalue weighted by atomic mass is 16.5. The second-order valence-corrected chi connectivity index (χ2v) is 6.17. The number of methoxy groups -OCH3 is 1. The molecule has 1 aromatic carbocycles. The van der Waals surface area contributed by atoms with Crippen LogP contribution in [0.5, 0.6) is 11.5 Å². The van der Waals surface area contributed by atoms with E-state index in [0.29, 0.717) is 12.2 Å². The summed E-state index contributed by atoms with van der Waals surface area (Å²) in [5.74, 6) is 0.295. The SMILES string of the molecule is CCCCCCCCCC(=O)/C=C(O)/C=C\c1ccc(O)c(OC)c1. The summed E-state index contributed by atoms with van der Waals surface area (Å²) < 4.78 is 5.03. The highest BCUT2D eigenvalue weighted by Gasteiger charge is 2.02. The third-order valence-electron chi connectivity index (χ3n) is 3.99. The van der Waals surface area contributed by atoms with Crippen LogP contribution in [0.3, 0.4) is 0 Å². The summed E-state index contributed by atoms with van der Waals surface area (Å²) in [5, 5.41) is 19.4. The van der Waals surface area contributed by atoms with Crippen molar-refractivity contribution in [1.82, 2.24) is 0 Å². The monoisotopic (exact) mass is 346 g/mol. The number of aliphatic hydroxyl groups excluding tert-OH is 1. The molecule has 0 amide bonds. The molecule has 4 heteroatoms. The molecule has 0 spiro atoms.